The summed E-state index contributed by atoms with van der Waals surface area (Å²) in [5, 5.41) is 6.57. The number of aromatic nitrogens is 1. The predicted molar refractivity (Wildman–Crippen MR) is 103 cm³/mol. The third-order valence-corrected chi connectivity index (χ3v) is 4.13. The van der Waals surface area contributed by atoms with E-state index >= 15 is 0 Å². The Labute approximate surface area is 150 Å². The van der Waals surface area contributed by atoms with Crippen LogP contribution >= 0.6 is 0 Å². The van der Waals surface area contributed by atoms with Gasteiger partial charge in [0, 0.05) is 32.4 Å². The van der Waals surface area contributed by atoms with Gasteiger partial charge in [-0.15, -0.1) is 0 Å². The molecule has 0 aliphatic heterocycles. The predicted octanol–water partition coefficient (Wildman–Crippen LogP) is 2.79. The molecule has 1 heterocycles. The van der Waals surface area contributed by atoms with Crippen LogP contribution in [0.15, 0.2) is 33.7 Å². The molecule has 6 heteroatoms. The largest absolute Gasteiger partial charge is 0.444 e. The van der Waals surface area contributed by atoms with Crippen molar-refractivity contribution in [2.75, 3.05) is 31.6 Å². The molecule has 1 aromatic heterocycles. The molecule has 0 saturated carbocycles. The van der Waals surface area contributed by atoms with Crippen LogP contribution in [0.3, 0.4) is 0 Å². The summed E-state index contributed by atoms with van der Waals surface area (Å²) in [4.78, 5) is 11.0. The van der Waals surface area contributed by atoms with Gasteiger partial charge < -0.3 is 20.0 Å². The van der Waals surface area contributed by atoms with Crippen molar-refractivity contribution in [1.29, 1.82) is 0 Å². The second-order valence-corrected chi connectivity index (χ2v) is 6.02. The molecule has 0 amide bonds. The highest BCUT2D eigenvalue weighted by atomic mass is 16.4. The van der Waals surface area contributed by atoms with Crippen LogP contribution in [-0.2, 0) is 6.54 Å². The molecule has 0 aliphatic carbocycles. The van der Waals surface area contributed by atoms with Gasteiger partial charge in [0.25, 0.3) is 0 Å². The first-order valence-electron chi connectivity index (χ1n) is 8.72. The van der Waals surface area contributed by atoms with E-state index in [0.717, 1.165) is 37.0 Å². The minimum absolute atomic E-state index is 0.518. The molecule has 2 aromatic rings. The second kappa shape index (κ2) is 9.11. The van der Waals surface area contributed by atoms with Gasteiger partial charge in [-0.25, -0.2) is 4.98 Å². The van der Waals surface area contributed by atoms with Crippen molar-refractivity contribution < 1.29 is 4.42 Å². The van der Waals surface area contributed by atoms with E-state index in [1.165, 1.54) is 11.3 Å². The molecule has 0 unspecified atom stereocenters. The van der Waals surface area contributed by atoms with E-state index in [-0.39, 0.29) is 0 Å². The van der Waals surface area contributed by atoms with Crippen LogP contribution in [0.1, 0.15) is 29.8 Å². The van der Waals surface area contributed by atoms with Gasteiger partial charge in [0.2, 0.25) is 5.89 Å². The smallest absolute Gasteiger partial charge is 0.214 e. The van der Waals surface area contributed by atoms with Crippen molar-refractivity contribution in [3.05, 3.63) is 47.2 Å². The van der Waals surface area contributed by atoms with Gasteiger partial charge in [-0.1, -0.05) is 12.1 Å². The topological polar surface area (TPSA) is 65.7 Å². The van der Waals surface area contributed by atoms with E-state index in [4.69, 9.17) is 4.42 Å². The molecule has 6 nitrogen and oxygen atoms in total. The average molecular weight is 343 g/mol. The Morgan fingerprint density at radius 1 is 1.24 bits per heavy atom. The monoisotopic (exact) mass is 343 g/mol. The first-order valence-corrected chi connectivity index (χ1v) is 8.72. The SMILES string of the molecule is CCN(CCNC(=NC)NCc1nc(C)c(C)o1)c1cccc(C)c1. The van der Waals surface area contributed by atoms with Gasteiger partial charge in [0.05, 0.1) is 12.2 Å². The van der Waals surface area contributed by atoms with E-state index in [2.05, 4.69) is 63.6 Å². The van der Waals surface area contributed by atoms with Crippen LogP contribution in [0.4, 0.5) is 5.69 Å². The summed E-state index contributed by atoms with van der Waals surface area (Å²) < 4.78 is 5.57. The summed E-state index contributed by atoms with van der Waals surface area (Å²) in [6.45, 7) is 11.3. The Hall–Kier alpha value is -2.50. The lowest BCUT2D eigenvalue weighted by molar-refractivity contribution is 0.464. The standard InChI is InChI=1S/C19H29N5O/c1-6-24(17-9-7-8-14(2)12-17)11-10-21-19(20-5)22-13-18-23-15(3)16(4)25-18/h7-9,12H,6,10-11,13H2,1-5H3,(H2,20,21,22). The first-order chi connectivity index (χ1) is 12.0. The fraction of sp³-hybridized carbons (Fsp3) is 0.474. The number of benzene rings is 1. The Balaban J connectivity index is 1.81. The molecule has 0 spiro atoms. The maximum absolute atomic E-state index is 5.57. The number of nitrogens with one attached hydrogen (secondary N) is 2. The van der Waals surface area contributed by atoms with Crippen LogP contribution in [-0.4, -0.2) is 37.6 Å². The van der Waals surface area contributed by atoms with Gasteiger partial charge in [0.1, 0.15) is 5.76 Å². The molecule has 0 saturated heterocycles. The lowest BCUT2D eigenvalue weighted by Gasteiger charge is -2.24. The number of rotatable bonds is 7. The number of likely N-dealkylation sites (N-methyl/N-ethyl adjacent to an activating group) is 1. The Kier molecular flexibility index (Phi) is 6.86. The second-order valence-electron chi connectivity index (χ2n) is 6.02. The molecule has 0 radical (unpaired) electrons. The van der Waals surface area contributed by atoms with Crippen LogP contribution < -0.4 is 15.5 Å². The highest BCUT2D eigenvalue weighted by Crippen LogP contribution is 2.15. The van der Waals surface area contributed by atoms with Crippen LogP contribution in [0.2, 0.25) is 0 Å². The number of oxazole rings is 1. The van der Waals surface area contributed by atoms with Crippen LogP contribution in [0.5, 0.6) is 0 Å². The lowest BCUT2D eigenvalue weighted by atomic mass is 10.2. The first kappa shape index (κ1) is 18.8. The van der Waals surface area contributed by atoms with E-state index in [1.807, 2.05) is 13.8 Å². The number of hydrogen-bond acceptors (Lipinski definition) is 4. The van der Waals surface area contributed by atoms with Gasteiger partial charge in [-0.2, -0.15) is 0 Å². The van der Waals surface area contributed by atoms with E-state index in [1.54, 1.807) is 7.05 Å². The van der Waals surface area contributed by atoms with E-state index < -0.39 is 0 Å². The van der Waals surface area contributed by atoms with E-state index in [9.17, 15) is 0 Å². The fourth-order valence-electron chi connectivity index (χ4n) is 2.60. The number of nitrogens with zero attached hydrogens (tertiary/aromatic N) is 3. The summed E-state index contributed by atoms with van der Waals surface area (Å²) >= 11 is 0. The van der Waals surface area contributed by atoms with Gasteiger partial charge in [-0.3, -0.25) is 4.99 Å². The van der Waals surface area contributed by atoms with Crippen LogP contribution in [0.25, 0.3) is 0 Å². The van der Waals surface area contributed by atoms with Gasteiger partial charge in [0.15, 0.2) is 5.96 Å². The number of guanidine groups is 1. The van der Waals surface area contributed by atoms with Crippen molar-refractivity contribution in [2.24, 2.45) is 4.99 Å². The number of aryl methyl sites for hydroxylation is 3. The minimum Gasteiger partial charge on any atom is -0.444 e. The normalized spacial score (nSPS) is 11.5. The zero-order valence-electron chi connectivity index (χ0n) is 15.9. The molecular formula is C19H29N5O. The highest BCUT2D eigenvalue weighted by Gasteiger charge is 2.07. The van der Waals surface area contributed by atoms with E-state index in [0.29, 0.717) is 12.4 Å². The summed E-state index contributed by atoms with van der Waals surface area (Å²) in [6, 6.07) is 8.58. The summed E-state index contributed by atoms with van der Waals surface area (Å²) in [5.74, 6) is 2.28. The molecule has 2 rings (SSSR count). The maximum Gasteiger partial charge on any atom is 0.214 e. The Bertz CT molecular complexity index is 688. The molecule has 2 N–H and O–H groups in total. The van der Waals surface area contributed by atoms with Crippen molar-refractivity contribution >= 4 is 11.6 Å². The quantitative estimate of drug-likeness (QED) is 0.598. The number of anilines is 1. The van der Waals surface area contributed by atoms with Gasteiger partial charge >= 0.3 is 0 Å². The fourth-order valence-corrected chi connectivity index (χ4v) is 2.60. The lowest BCUT2D eigenvalue weighted by Crippen LogP contribution is -2.41. The molecule has 0 bridgehead atoms. The van der Waals surface area contributed by atoms with Crippen molar-refractivity contribution in [3.8, 4) is 0 Å². The zero-order valence-corrected chi connectivity index (χ0v) is 15.9. The molecule has 0 aliphatic rings. The third kappa shape index (κ3) is 5.52. The molecular weight excluding hydrogens is 314 g/mol. The van der Waals surface area contributed by atoms with Gasteiger partial charge in [-0.05, 0) is 45.4 Å². The molecule has 0 atom stereocenters. The summed E-state index contributed by atoms with van der Waals surface area (Å²) in [5.41, 5.74) is 3.45. The third-order valence-electron chi connectivity index (χ3n) is 4.13. The van der Waals surface area contributed by atoms with Crippen molar-refractivity contribution in [1.82, 2.24) is 15.6 Å². The average Bonchev–Trinajstić information content (AvgIpc) is 2.92. The highest BCUT2D eigenvalue weighted by molar-refractivity contribution is 5.79. The molecule has 1 aromatic carbocycles. The minimum atomic E-state index is 0.518. The van der Waals surface area contributed by atoms with Crippen LogP contribution in [0, 0.1) is 20.8 Å². The number of aliphatic imine (C=N–C) groups is 1. The molecule has 0 fully saturated rings. The summed E-state index contributed by atoms with van der Waals surface area (Å²) in [6.07, 6.45) is 0. The summed E-state index contributed by atoms with van der Waals surface area (Å²) in [7, 11) is 1.76. The maximum atomic E-state index is 5.57. The Morgan fingerprint density at radius 2 is 2.04 bits per heavy atom. The molecule has 25 heavy (non-hydrogen) atoms. The van der Waals surface area contributed by atoms with Crippen molar-refractivity contribution in [3.63, 3.8) is 0 Å². The molecule has 136 valence electrons. The van der Waals surface area contributed by atoms with Crippen molar-refractivity contribution in [2.45, 2.75) is 34.2 Å². The Morgan fingerprint density at radius 3 is 2.64 bits per heavy atom. The number of hydrogen-bond donors (Lipinski definition) is 2. The zero-order chi connectivity index (χ0) is 18.2.